The van der Waals surface area contributed by atoms with Gasteiger partial charge in [0.1, 0.15) is 0 Å². The van der Waals surface area contributed by atoms with Gasteiger partial charge < -0.3 is 10.1 Å². The molecule has 2 heterocycles. The summed E-state index contributed by atoms with van der Waals surface area (Å²) in [5.74, 6) is 1.16. The Morgan fingerprint density at radius 3 is 2.96 bits per heavy atom. The first-order valence-corrected chi connectivity index (χ1v) is 8.90. The molecule has 0 spiro atoms. The predicted molar refractivity (Wildman–Crippen MR) is 88.1 cm³/mol. The average molecular weight is 334 g/mol. The Kier molecular flexibility index (Phi) is 4.33. The van der Waals surface area contributed by atoms with Crippen molar-refractivity contribution in [3.63, 3.8) is 0 Å². The molecule has 23 heavy (non-hydrogen) atoms. The van der Waals surface area contributed by atoms with E-state index in [1.165, 1.54) is 4.31 Å². The second-order valence-electron chi connectivity index (χ2n) is 5.19. The minimum Gasteiger partial charge on any atom is -0.481 e. The third kappa shape index (κ3) is 3.53. The van der Waals surface area contributed by atoms with Gasteiger partial charge in [0.15, 0.2) is 0 Å². The first kappa shape index (κ1) is 15.5. The molecule has 0 saturated carbocycles. The molecule has 0 unspecified atom stereocenters. The molecule has 0 bridgehead atoms. The lowest BCUT2D eigenvalue weighted by Gasteiger charge is -2.17. The van der Waals surface area contributed by atoms with Crippen LogP contribution >= 0.6 is 0 Å². The Balaban J connectivity index is 1.73. The maximum absolute atomic E-state index is 12.0. The molecule has 1 aliphatic heterocycles. The third-order valence-electron chi connectivity index (χ3n) is 3.59. The van der Waals surface area contributed by atoms with Gasteiger partial charge in [-0.3, -0.25) is 4.31 Å². The summed E-state index contributed by atoms with van der Waals surface area (Å²) in [5.41, 5.74) is 1.66. The number of aromatic nitrogens is 2. The Hall–Kier alpha value is -2.35. The zero-order valence-corrected chi connectivity index (χ0v) is 13.6. The van der Waals surface area contributed by atoms with Crippen molar-refractivity contribution in [1.29, 1.82) is 0 Å². The minimum absolute atomic E-state index is 0.215. The van der Waals surface area contributed by atoms with Crippen LogP contribution in [0.3, 0.4) is 0 Å². The fourth-order valence-electron chi connectivity index (χ4n) is 2.47. The summed E-state index contributed by atoms with van der Waals surface area (Å²) in [6, 6.07) is 9.14. The van der Waals surface area contributed by atoms with Crippen molar-refractivity contribution in [3.8, 4) is 5.88 Å². The molecular formula is C15H18N4O3S. The van der Waals surface area contributed by atoms with Gasteiger partial charge in [0.2, 0.25) is 21.9 Å². The van der Waals surface area contributed by atoms with Gasteiger partial charge >= 0.3 is 0 Å². The van der Waals surface area contributed by atoms with Crippen molar-refractivity contribution in [2.24, 2.45) is 0 Å². The molecule has 0 amide bonds. The molecule has 1 aromatic carbocycles. The molecule has 1 N–H and O–H groups in total. The van der Waals surface area contributed by atoms with Gasteiger partial charge in [0, 0.05) is 25.4 Å². The van der Waals surface area contributed by atoms with Crippen LogP contribution in [0.4, 0.5) is 11.6 Å². The normalized spacial score (nSPS) is 16.3. The molecule has 3 rings (SSSR count). The van der Waals surface area contributed by atoms with Crippen LogP contribution in [0.15, 0.2) is 36.5 Å². The van der Waals surface area contributed by atoms with E-state index < -0.39 is 10.0 Å². The Labute approximate surface area is 135 Å². The van der Waals surface area contributed by atoms with Crippen LogP contribution in [0.5, 0.6) is 5.88 Å². The lowest BCUT2D eigenvalue weighted by atomic mass is 10.2. The lowest BCUT2D eigenvalue weighted by Crippen LogP contribution is -2.25. The number of nitrogens with zero attached hydrogens (tertiary/aromatic N) is 3. The van der Waals surface area contributed by atoms with Crippen LogP contribution in [0.25, 0.3) is 0 Å². The average Bonchev–Trinajstić information content (AvgIpc) is 2.93. The van der Waals surface area contributed by atoms with E-state index in [4.69, 9.17) is 4.74 Å². The standard InChI is InChI=1S/C15H18N4O3S/c1-22-14-6-7-16-15(18-14)17-11-12-4-2-5-13(10-12)19-8-3-9-23(19,20)21/h2,4-7,10H,3,8-9,11H2,1H3,(H,16,17,18). The largest absolute Gasteiger partial charge is 0.481 e. The highest BCUT2D eigenvalue weighted by Crippen LogP contribution is 2.25. The number of benzene rings is 1. The zero-order valence-electron chi connectivity index (χ0n) is 12.8. The molecule has 7 nitrogen and oxygen atoms in total. The lowest BCUT2D eigenvalue weighted by molar-refractivity contribution is 0.397. The molecule has 0 radical (unpaired) electrons. The second-order valence-corrected chi connectivity index (χ2v) is 7.20. The number of nitrogens with one attached hydrogen (secondary N) is 1. The third-order valence-corrected chi connectivity index (χ3v) is 5.46. The summed E-state index contributed by atoms with van der Waals surface area (Å²) in [7, 11) is -1.61. The Morgan fingerprint density at radius 2 is 2.22 bits per heavy atom. The number of hydrogen-bond donors (Lipinski definition) is 1. The van der Waals surface area contributed by atoms with Crippen molar-refractivity contribution in [2.75, 3.05) is 29.0 Å². The highest BCUT2D eigenvalue weighted by atomic mass is 32.2. The van der Waals surface area contributed by atoms with Crippen LogP contribution in [0.2, 0.25) is 0 Å². The molecule has 0 aliphatic carbocycles. The summed E-state index contributed by atoms with van der Waals surface area (Å²) in [6.07, 6.45) is 2.28. The van der Waals surface area contributed by atoms with Crippen molar-refractivity contribution in [3.05, 3.63) is 42.1 Å². The highest BCUT2D eigenvalue weighted by Gasteiger charge is 2.28. The topological polar surface area (TPSA) is 84.4 Å². The number of sulfonamides is 1. The van der Waals surface area contributed by atoms with E-state index >= 15 is 0 Å². The molecule has 1 aromatic heterocycles. The number of methoxy groups -OCH3 is 1. The van der Waals surface area contributed by atoms with Crippen LogP contribution in [-0.2, 0) is 16.6 Å². The fourth-order valence-corrected chi connectivity index (χ4v) is 4.03. The zero-order chi connectivity index (χ0) is 16.3. The molecule has 122 valence electrons. The first-order chi connectivity index (χ1) is 11.1. The summed E-state index contributed by atoms with van der Waals surface area (Å²) >= 11 is 0. The van der Waals surface area contributed by atoms with Gasteiger partial charge in [-0.1, -0.05) is 12.1 Å². The smallest absolute Gasteiger partial charge is 0.235 e. The second kappa shape index (κ2) is 6.41. The van der Waals surface area contributed by atoms with Gasteiger partial charge in [0.05, 0.1) is 18.6 Å². The van der Waals surface area contributed by atoms with Crippen molar-refractivity contribution >= 4 is 21.7 Å². The maximum Gasteiger partial charge on any atom is 0.235 e. The van der Waals surface area contributed by atoms with E-state index in [-0.39, 0.29) is 5.75 Å². The SMILES string of the molecule is COc1ccnc(NCc2cccc(N3CCCS3(=O)=O)c2)n1. The Morgan fingerprint density at radius 1 is 1.35 bits per heavy atom. The Bertz CT molecular complexity index is 795. The molecule has 1 fully saturated rings. The summed E-state index contributed by atoms with van der Waals surface area (Å²) in [5, 5.41) is 3.10. The van der Waals surface area contributed by atoms with E-state index in [0.717, 1.165) is 5.56 Å². The number of hydrogen-bond acceptors (Lipinski definition) is 6. The van der Waals surface area contributed by atoms with Crippen LogP contribution < -0.4 is 14.4 Å². The number of ether oxygens (including phenoxy) is 1. The molecule has 1 saturated heterocycles. The monoisotopic (exact) mass is 334 g/mol. The van der Waals surface area contributed by atoms with Gasteiger partial charge in [-0.2, -0.15) is 4.98 Å². The first-order valence-electron chi connectivity index (χ1n) is 7.29. The van der Waals surface area contributed by atoms with E-state index in [9.17, 15) is 8.42 Å². The summed E-state index contributed by atoms with van der Waals surface area (Å²) in [6.45, 7) is 1.03. The van der Waals surface area contributed by atoms with Gasteiger partial charge in [-0.05, 0) is 24.1 Å². The summed E-state index contributed by atoms with van der Waals surface area (Å²) < 4.78 is 30.5. The van der Waals surface area contributed by atoms with E-state index in [1.807, 2.05) is 24.3 Å². The minimum atomic E-state index is -3.16. The maximum atomic E-state index is 12.0. The number of anilines is 2. The number of rotatable bonds is 5. The van der Waals surface area contributed by atoms with Crippen molar-refractivity contribution in [2.45, 2.75) is 13.0 Å². The van der Waals surface area contributed by atoms with E-state index in [2.05, 4.69) is 15.3 Å². The van der Waals surface area contributed by atoms with Crippen molar-refractivity contribution in [1.82, 2.24) is 9.97 Å². The molecule has 1 aliphatic rings. The van der Waals surface area contributed by atoms with Crippen LogP contribution in [0, 0.1) is 0 Å². The molecular weight excluding hydrogens is 316 g/mol. The van der Waals surface area contributed by atoms with E-state index in [0.29, 0.717) is 37.0 Å². The quantitative estimate of drug-likeness (QED) is 0.895. The van der Waals surface area contributed by atoms with Gasteiger partial charge in [-0.25, -0.2) is 13.4 Å². The van der Waals surface area contributed by atoms with Crippen LogP contribution in [-0.4, -0.2) is 37.8 Å². The molecule has 8 heteroatoms. The van der Waals surface area contributed by atoms with E-state index in [1.54, 1.807) is 19.4 Å². The van der Waals surface area contributed by atoms with Gasteiger partial charge in [0.25, 0.3) is 0 Å². The van der Waals surface area contributed by atoms with Gasteiger partial charge in [-0.15, -0.1) is 0 Å². The fraction of sp³-hybridized carbons (Fsp3) is 0.333. The molecule has 2 aromatic rings. The molecule has 0 atom stereocenters. The predicted octanol–water partition coefficient (Wildman–Crippen LogP) is 1.64. The van der Waals surface area contributed by atoms with Crippen molar-refractivity contribution < 1.29 is 13.2 Å². The highest BCUT2D eigenvalue weighted by molar-refractivity contribution is 7.93. The summed E-state index contributed by atoms with van der Waals surface area (Å²) in [4.78, 5) is 8.30. The van der Waals surface area contributed by atoms with Crippen LogP contribution in [0.1, 0.15) is 12.0 Å².